The molecule has 2 aromatic rings. The zero-order valence-electron chi connectivity index (χ0n) is 24.0. The molecule has 0 saturated heterocycles. The summed E-state index contributed by atoms with van der Waals surface area (Å²) >= 11 is 0. The number of nitrogens with zero attached hydrogens (tertiary/aromatic N) is 3. The maximum atomic E-state index is 13.5. The molecular weight excluding hydrogens is 619 g/mol. The lowest BCUT2D eigenvalue weighted by molar-refractivity contribution is 0.477. The Balaban J connectivity index is 1.70. The Morgan fingerprint density at radius 2 is 0.909 bits per heavy atom. The summed E-state index contributed by atoms with van der Waals surface area (Å²) in [5, 5.41) is 0.0585. The lowest BCUT2D eigenvalue weighted by Gasteiger charge is -2.21. The molecule has 0 bridgehead atoms. The number of hydrogen-bond acceptors (Lipinski definition) is 6. The molecule has 0 atom stereocenters. The van der Waals surface area contributed by atoms with Crippen molar-refractivity contribution < 1.29 is 25.3 Å². The Morgan fingerprint density at radius 1 is 0.568 bits per heavy atom. The quantitative estimate of drug-likeness (QED) is 0.427. The third-order valence-corrected chi connectivity index (χ3v) is 12.0. The van der Waals surface area contributed by atoms with E-state index in [2.05, 4.69) is 42.1 Å². The predicted molar refractivity (Wildman–Crippen MR) is 169 cm³/mol. The molecule has 0 aromatic heterocycles. The molecule has 0 unspecified atom stereocenters. The van der Waals surface area contributed by atoms with Gasteiger partial charge in [-0.3, -0.25) is 0 Å². The van der Waals surface area contributed by atoms with E-state index in [0.29, 0.717) is 0 Å². The largest absolute Gasteiger partial charge is 0.244 e. The van der Waals surface area contributed by atoms with Crippen molar-refractivity contribution in [1.82, 2.24) is 12.9 Å². The maximum absolute atomic E-state index is 13.5. The van der Waals surface area contributed by atoms with E-state index in [1.807, 2.05) is 6.92 Å². The highest BCUT2D eigenvalue weighted by molar-refractivity contribution is 7.92. The topological polar surface area (TPSA) is 112 Å². The molecule has 4 rings (SSSR count). The van der Waals surface area contributed by atoms with E-state index in [9.17, 15) is 25.3 Å². The van der Waals surface area contributed by atoms with Crippen molar-refractivity contribution in [3.63, 3.8) is 0 Å². The Bertz CT molecular complexity index is 1860. The molecule has 1 aliphatic carbocycles. The van der Waals surface area contributed by atoms with Crippen molar-refractivity contribution in [2.45, 2.75) is 16.7 Å². The first-order valence-electron chi connectivity index (χ1n) is 13.3. The Kier molecular flexibility index (Phi) is 11.1. The van der Waals surface area contributed by atoms with E-state index >= 15 is 0 Å². The highest BCUT2D eigenvalue weighted by Gasteiger charge is 2.35. The van der Waals surface area contributed by atoms with Crippen molar-refractivity contribution in [2.24, 2.45) is 0 Å². The van der Waals surface area contributed by atoms with Gasteiger partial charge in [0.2, 0.25) is 30.1 Å². The van der Waals surface area contributed by atoms with Gasteiger partial charge < -0.3 is 0 Å². The van der Waals surface area contributed by atoms with Gasteiger partial charge >= 0.3 is 0 Å². The Hall–Kier alpha value is -3.41. The van der Waals surface area contributed by atoms with Gasteiger partial charge in [0.25, 0.3) is 0 Å². The average molecular weight is 649 g/mol. The number of benzene rings is 2. The molecular formula is C32H30N3O6S3. The normalized spacial score (nSPS) is 18.4. The number of rotatable bonds is 7. The van der Waals surface area contributed by atoms with Crippen molar-refractivity contribution in [3.05, 3.63) is 97.2 Å². The number of aryl methyl sites for hydroxylation is 1. The Morgan fingerprint density at radius 3 is 1.27 bits per heavy atom. The van der Waals surface area contributed by atoms with Crippen LogP contribution in [0.3, 0.4) is 0 Å². The zero-order chi connectivity index (χ0) is 31.8. The summed E-state index contributed by atoms with van der Waals surface area (Å²) < 4.78 is 83.8. The van der Waals surface area contributed by atoms with E-state index in [1.54, 1.807) is 43.2 Å². The lowest BCUT2D eigenvalue weighted by atomic mass is 10.2. The van der Waals surface area contributed by atoms with Crippen LogP contribution in [0.4, 0.5) is 0 Å². The van der Waals surface area contributed by atoms with Crippen LogP contribution >= 0.6 is 0 Å². The minimum Gasteiger partial charge on any atom is -0.211 e. The van der Waals surface area contributed by atoms with E-state index < -0.39 is 30.1 Å². The summed E-state index contributed by atoms with van der Waals surface area (Å²) in [6.07, 6.45) is 7.68. The molecule has 1 heterocycles. The second-order valence-corrected chi connectivity index (χ2v) is 15.4. The molecule has 1 aliphatic heterocycles. The first-order valence-corrected chi connectivity index (χ1v) is 17.7. The average Bonchev–Trinajstić information content (AvgIpc) is 3.55. The minimum absolute atomic E-state index is 0.0157. The van der Waals surface area contributed by atoms with Crippen molar-refractivity contribution >= 4 is 36.1 Å². The van der Waals surface area contributed by atoms with Crippen LogP contribution in [0.25, 0.3) is 6.08 Å². The van der Waals surface area contributed by atoms with Gasteiger partial charge in [0.1, 0.15) is 5.25 Å². The Labute approximate surface area is 262 Å². The number of sulfonamides is 3. The maximum Gasteiger partial charge on any atom is 0.244 e. The van der Waals surface area contributed by atoms with E-state index in [0.717, 1.165) is 24.0 Å². The molecule has 0 amide bonds. The zero-order valence-corrected chi connectivity index (χ0v) is 26.4. The fourth-order valence-corrected chi connectivity index (χ4v) is 7.77. The van der Waals surface area contributed by atoms with Crippen LogP contribution in [0.15, 0.2) is 64.9 Å². The van der Waals surface area contributed by atoms with Gasteiger partial charge in [0.15, 0.2) is 0 Å². The highest BCUT2D eigenvalue weighted by Crippen LogP contribution is 2.30. The lowest BCUT2D eigenvalue weighted by Crippen LogP contribution is -2.35. The van der Waals surface area contributed by atoms with Crippen LogP contribution in [0.5, 0.6) is 0 Å². The second-order valence-electron chi connectivity index (χ2n) is 9.59. The molecule has 0 N–H and O–H groups in total. The monoisotopic (exact) mass is 648 g/mol. The van der Waals surface area contributed by atoms with Gasteiger partial charge in [-0.1, -0.05) is 78.0 Å². The fraction of sp³-hybridized carbons (Fsp3) is 0.219. The smallest absolute Gasteiger partial charge is 0.211 e. The number of hydrogen-bond donors (Lipinski definition) is 0. The summed E-state index contributed by atoms with van der Waals surface area (Å²) in [7, 11) is -12.1. The summed E-state index contributed by atoms with van der Waals surface area (Å²) in [5.74, 6) is 16.6. The van der Waals surface area contributed by atoms with Gasteiger partial charge in [-0.25, -0.2) is 25.3 Å². The molecule has 5 radical (unpaired) electrons. The summed E-state index contributed by atoms with van der Waals surface area (Å²) in [6, 6.07) is 12.4. The molecule has 0 spiro atoms. The second kappa shape index (κ2) is 14.6. The van der Waals surface area contributed by atoms with Gasteiger partial charge in [-0.15, -0.1) is 0 Å². The highest BCUT2D eigenvalue weighted by atomic mass is 32.2. The molecule has 2 aromatic carbocycles. The summed E-state index contributed by atoms with van der Waals surface area (Å²) in [6.45, 7) is 3.90. The SMILES string of the molecule is C=Cc1ccc(S(=O)(=O)N2CC#CCN(S(=O)(=O)[C]3[CH][CH][CH][CH]3)CC#CCN(S(=O)(=O)c3ccc(C)cc3)CC#CC2)cc1. The summed E-state index contributed by atoms with van der Waals surface area (Å²) in [5.41, 5.74) is 1.62. The van der Waals surface area contributed by atoms with Gasteiger partial charge in [0, 0.05) is 0 Å². The first-order chi connectivity index (χ1) is 21.0. The van der Waals surface area contributed by atoms with Gasteiger partial charge in [-0.05, 0) is 62.4 Å². The van der Waals surface area contributed by atoms with Gasteiger partial charge in [-0.2, -0.15) is 12.9 Å². The molecule has 227 valence electrons. The van der Waals surface area contributed by atoms with Crippen molar-refractivity contribution in [3.8, 4) is 35.5 Å². The van der Waals surface area contributed by atoms with Crippen LogP contribution in [0.2, 0.25) is 0 Å². The molecule has 9 nitrogen and oxygen atoms in total. The third-order valence-electron chi connectivity index (χ3n) is 6.59. The summed E-state index contributed by atoms with van der Waals surface area (Å²) in [4.78, 5) is 0.0626. The van der Waals surface area contributed by atoms with Crippen LogP contribution in [0, 0.1) is 73.4 Å². The minimum atomic E-state index is -4.06. The molecule has 12 heteroatoms. The molecule has 1 fully saturated rings. The van der Waals surface area contributed by atoms with Crippen molar-refractivity contribution in [1.29, 1.82) is 0 Å². The molecule has 1 saturated carbocycles. The van der Waals surface area contributed by atoms with Crippen molar-refractivity contribution in [2.75, 3.05) is 39.3 Å². The van der Waals surface area contributed by atoms with E-state index in [4.69, 9.17) is 0 Å². The standard InChI is InChI=1S/C32H30N3O6S3/c1-3-29-16-20-32(21-17-29)44(40,41)35-26-9-7-23-33(42(36,37)30-12-4-5-13-30)22-6-8-24-34(25-10-11-27-35)43(38,39)31-18-14-28(2)15-19-31/h3-5,12-21H,1,22-27H2,2H3. The van der Waals surface area contributed by atoms with Crippen LogP contribution in [0.1, 0.15) is 11.1 Å². The molecule has 2 aliphatic rings. The van der Waals surface area contributed by atoms with Gasteiger partial charge in [0.05, 0.1) is 49.1 Å². The van der Waals surface area contributed by atoms with E-state index in [1.165, 1.54) is 37.1 Å². The fourth-order valence-electron chi connectivity index (χ4n) is 4.00. The van der Waals surface area contributed by atoms with Crippen LogP contribution in [-0.4, -0.2) is 77.4 Å². The first kappa shape index (κ1) is 33.5. The molecule has 44 heavy (non-hydrogen) atoms. The van der Waals surface area contributed by atoms with Crippen LogP contribution in [-0.2, 0) is 30.1 Å². The predicted octanol–water partition coefficient (Wildman–Crippen LogP) is 2.34. The van der Waals surface area contributed by atoms with Crippen LogP contribution < -0.4 is 0 Å². The van der Waals surface area contributed by atoms with E-state index in [-0.39, 0.29) is 54.3 Å². The third kappa shape index (κ3) is 7.99.